The molecule has 2 N–H and O–H groups in total. The van der Waals surface area contributed by atoms with Crippen molar-refractivity contribution in [3.8, 4) is 22.9 Å². The molecule has 0 aliphatic carbocycles. The van der Waals surface area contributed by atoms with E-state index in [4.69, 9.17) is 9.47 Å². The second-order valence-electron chi connectivity index (χ2n) is 6.03. The van der Waals surface area contributed by atoms with Crippen LogP contribution in [0.1, 0.15) is 0 Å². The number of aromatic nitrogens is 4. The molecule has 1 aliphatic heterocycles. The summed E-state index contributed by atoms with van der Waals surface area (Å²) in [6.07, 6.45) is 1.57. The van der Waals surface area contributed by atoms with Crippen LogP contribution >= 0.6 is 0 Å². The van der Waals surface area contributed by atoms with Gasteiger partial charge in [-0.05, 0) is 12.1 Å². The largest absolute Gasteiger partial charge is 0.454 e. The molecular weight excluding hydrogens is 364 g/mol. The fourth-order valence-corrected chi connectivity index (χ4v) is 2.93. The Bertz CT molecular complexity index is 1220. The first kappa shape index (κ1) is 16.0. The highest BCUT2D eigenvalue weighted by Gasteiger charge is 2.16. The summed E-state index contributed by atoms with van der Waals surface area (Å²) in [5.74, 6) is 2.15. The number of non-ortho nitro benzene ring substituents is 1. The summed E-state index contributed by atoms with van der Waals surface area (Å²) in [5, 5.41) is 21.2. The topological polar surface area (TPSA) is 128 Å². The molecule has 2 aromatic carbocycles. The van der Waals surface area contributed by atoms with Gasteiger partial charge >= 0.3 is 0 Å². The van der Waals surface area contributed by atoms with Crippen molar-refractivity contribution in [2.45, 2.75) is 0 Å². The van der Waals surface area contributed by atoms with Crippen LogP contribution in [-0.4, -0.2) is 31.9 Å². The van der Waals surface area contributed by atoms with Crippen molar-refractivity contribution in [1.82, 2.24) is 20.2 Å². The van der Waals surface area contributed by atoms with Gasteiger partial charge in [0, 0.05) is 29.4 Å². The lowest BCUT2D eigenvalue weighted by Gasteiger charge is -2.09. The van der Waals surface area contributed by atoms with E-state index in [0.717, 1.165) is 5.69 Å². The van der Waals surface area contributed by atoms with Crippen molar-refractivity contribution in [2.24, 2.45) is 0 Å². The Morgan fingerprint density at radius 3 is 2.89 bits per heavy atom. The van der Waals surface area contributed by atoms with Gasteiger partial charge in [0.1, 0.15) is 11.0 Å². The first-order chi connectivity index (χ1) is 13.7. The number of benzene rings is 2. The Morgan fingerprint density at radius 1 is 1.11 bits per heavy atom. The molecule has 0 fully saturated rings. The molecule has 2 aromatic heterocycles. The number of fused-ring (bicyclic) bond motifs is 2. The van der Waals surface area contributed by atoms with Gasteiger partial charge in [-0.1, -0.05) is 12.1 Å². The lowest BCUT2D eigenvalue weighted by molar-refractivity contribution is -0.384. The number of nitro benzene ring substituents is 1. The number of hydrogen-bond donors (Lipinski definition) is 2. The van der Waals surface area contributed by atoms with Crippen LogP contribution in [0.2, 0.25) is 0 Å². The minimum absolute atomic E-state index is 0.0290. The Morgan fingerprint density at radius 2 is 2.00 bits per heavy atom. The van der Waals surface area contributed by atoms with Gasteiger partial charge in [0.25, 0.3) is 5.69 Å². The summed E-state index contributed by atoms with van der Waals surface area (Å²) in [6, 6.07) is 11.6. The molecule has 28 heavy (non-hydrogen) atoms. The molecule has 10 nitrogen and oxygen atoms in total. The van der Waals surface area contributed by atoms with Gasteiger partial charge in [0.2, 0.25) is 6.79 Å². The predicted molar refractivity (Wildman–Crippen MR) is 99.6 cm³/mol. The standard InChI is InChI=1S/C18H12N6O4/c25-24(26)12-3-1-2-10(6-12)17-21-13-8-19-23-16(13)18(22-17)20-11-4-5-14-15(7-11)28-9-27-14/h1-8H,9H2,(H,19,23)(H,20,21,22). The van der Waals surface area contributed by atoms with Crippen LogP contribution < -0.4 is 14.8 Å². The minimum Gasteiger partial charge on any atom is -0.454 e. The third-order valence-corrected chi connectivity index (χ3v) is 4.25. The summed E-state index contributed by atoms with van der Waals surface area (Å²) < 4.78 is 10.7. The molecule has 0 atom stereocenters. The molecular formula is C18H12N6O4. The average Bonchev–Trinajstić information content (AvgIpc) is 3.36. The first-order valence-electron chi connectivity index (χ1n) is 8.30. The van der Waals surface area contributed by atoms with E-state index in [1.807, 2.05) is 6.07 Å². The number of H-pyrrole nitrogens is 1. The molecule has 5 rings (SSSR count). The monoisotopic (exact) mass is 376 g/mol. The molecule has 1 aliphatic rings. The van der Waals surface area contributed by atoms with Gasteiger partial charge in [-0.25, -0.2) is 9.97 Å². The molecule has 10 heteroatoms. The van der Waals surface area contributed by atoms with Gasteiger partial charge < -0.3 is 14.8 Å². The zero-order valence-corrected chi connectivity index (χ0v) is 14.2. The summed E-state index contributed by atoms with van der Waals surface area (Å²) in [4.78, 5) is 19.6. The fraction of sp³-hybridized carbons (Fsp3) is 0.0556. The van der Waals surface area contributed by atoms with Gasteiger partial charge in [-0.15, -0.1) is 0 Å². The Kier molecular flexibility index (Phi) is 3.54. The van der Waals surface area contributed by atoms with E-state index in [9.17, 15) is 10.1 Å². The second-order valence-corrected chi connectivity index (χ2v) is 6.03. The fourth-order valence-electron chi connectivity index (χ4n) is 2.93. The number of nitro groups is 1. The maximum atomic E-state index is 11.1. The minimum atomic E-state index is -0.453. The highest BCUT2D eigenvalue weighted by Crippen LogP contribution is 2.35. The molecule has 0 radical (unpaired) electrons. The number of nitrogens with zero attached hydrogens (tertiary/aromatic N) is 4. The number of anilines is 2. The number of ether oxygens (including phenoxy) is 2. The zero-order chi connectivity index (χ0) is 19.1. The highest BCUT2D eigenvalue weighted by atomic mass is 16.7. The van der Waals surface area contributed by atoms with Crippen LogP contribution in [-0.2, 0) is 0 Å². The van der Waals surface area contributed by atoms with Crippen molar-refractivity contribution < 1.29 is 14.4 Å². The quantitative estimate of drug-likeness (QED) is 0.410. The Hall–Kier alpha value is -4.21. The molecule has 4 aromatic rings. The molecule has 138 valence electrons. The summed E-state index contributed by atoms with van der Waals surface area (Å²) >= 11 is 0. The van der Waals surface area contributed by atoms with Crippen LogP contribution in [0.15, 0.2) is 48.7 Å². The van der Waals surface area contributed by atoms with Crippen LogP contribution in [0.4, 0.5) is 17.2 Å². The van der Waals surface area contributed by atoms with Gasteiger partial charge in [-0.2, -0.15) is 5.10 Å². The van der Waals surface area contributed by atoms with E-state index in [2.05, 4.69) is 25.5 Å². The van der Waals surface area contributed by atoms with E-state index in [-0.39, 0.29) is 12.5 Å². The van der Waals surface area contributed by atoms with Crippen molar-refractivity contribution in [3.05, 3.63) is 58.8 Å². The smallest absolute Gasteiger partial charge is 0.270 e. The number of nitrogens with one attached hydrogen (secondary N) is 2. The van der Waals surface area contributed by atoms with Crippen LogP contribution in [0.5, 0.6) is 11.5 Å². The number of aromatic amines is 1. The van der Waals surface area contributed by atoms with E-state index >= 15 is 0 Å². The maximum Gasteiger partial charge on any atom is 0.270 e. The maximum absolute atomic E-state index is 11.1. The Labute approximate surface area is 157 Å². The predicted octanol–water partition coefficient (Wildman–Crippen LogP) is 3.40. The van der Waals surface area contributed by atoms with E-state index in [1.54, 1.807) is 30.5 Å². The number of rotatable bonds is 4. The van der Waals surface area contributed by atoms with Crippen molar-refractivity contribution in [1.29, 1.82) is 0 Å². The molecule has 0 saturated heterocycles. The molecule has 0 spiro atoms. The molecule has 0 unspecified atom stereocenters. The molecule has 3 heterocycles. The normalized spacial score (nSPS) is 12.3. The van der Waals surface area contributed by atoms with Crippen LogP contribution in [0, 0.1) is 10.1 Å². The third kappa shape index (κ3) is 2.72. The molecule has 0 amide bonds. The average molecular weight is 376 g/mol. The SMILES string of the molecule is O=[N+]([O-])c1cccc(-c2nc(Nc3ccc4c(c3)OCO4)c3[nH]ncc3n2)c1. The van der Waals surface area contributed by atoms with E-state index in [0.29, 0.717) is 39.7 Å². The lowest BCUT2D eigenvalue weighted by atomic mass is 10.2. The van der Waals surface area contributed by atoms with Gasteiger partial charge in [0.15, 0.2) is 23.1 Å². The second kappa shape index (κ2) is 6.20. The van der Waals surface area contributed by atoms with Crippen molar-refractivity contribution in [3.63, 3.8) is 0 Å². The first-order valence-corrected chi connectivity index (χ1v) is 8.30. The zero-order valence-electron chi connectivity index (χ0n) is 14.2. The summed E-state index contributed by atoms with van der Waals surface area (Å²) in [7, 11) is 0. The third-order valence-electron chi connectivity index (χ3n) is 4.25. The van der Waals surface area contributed by atoms with Gasteiger partial charge in [0.05, 0.1) is 11.1 Å². The van der Waals surface area contributed by atoms with E-state index in [1.165, 1.54) is 12.1 Å². The number of hydrogen-bond acceptors (Lipinski definition) is 8. The summed E-state index contributed by atoms with van der Waals surface area (Å²) in [5.41, 5.74) is 2.44. The molecule has 0 saturated carbocycles. The lowest BCUT2D eigenvalue weighted by Crippen LogP contribution is -1.99. The Balaban J connectivity index is 1.58. The highest BCUT2D eigenvalue weighted by molar-refractivity contribution is 5.88. The van der Waals surface area contributed by atoms with Crippen molar-refractivity contribution in [2.75, 3.05) is 12.1 Å². The van der Waals surface area contributed by atoms with Crippen LogP contribution in [0.25, 0.3) is 22.4 Å². The summed E-state index contributed by atoms with van der Waals surface area (Å²) in [6.45, 7) is 0.189. The van der Waals surface area contributed by atoms with E-state index < -0.39 is 4.92 Å². The van der Waals surface area contributed by atoms with Crippen molar-refractivity contribution >= 4 is 28.2 Å². The van der Waals surface area contributed by atoms with Gasteiger partial charge in [-0.3, -0.25) is 15.2 Å². The van der Waals surface area contributed by atoms with Crippen LogP contribution in [0.3, 0.4) is 0 Å². The molecule has 0 bridgehead atoms.